The van der Waals surface area contributed by atoms with Gasteiger partial charge in [-0.2, -0.15) is 0 Å². The monoisotopic (exact) mass is 597 g/mol. The number of furan rings is 1. The molecule has 0 saturated carbocycles. The predicted octanol–water partition coefficient (Wildman–Crippen LogP) is 5.93. The van der Waals surface area contributed by atoms with Crippen LogP contribution in [0.1, 0.15) is 61.5 Å². The molecule has 1 fully saturated rings. The number of imide groups is 1. The number of aliphatic hydroxyl groups excluding tert-OH is 1. The number of aliphatic hydroxyl groups is 1. The lowest BCUT2D eigenvalue weighted by atomic mass is 9.90. The van der Waals surface area contributed by atoms with Gasteiger partial charge < -0.3 is 19.0 Å². The van der Waals surface area contributed by atoms with Crippen LogP contribution in [-0.4, -0.2) is 40.6 Å². The molecule has 0 bridgehead atoms. The molecule has 2 heterocycles. The average Bonchev–Trinajstić information content (AvgIpc) is 3.44. The molecule has 9 heteroatoms. The highest BCUT2D eigenvalue weighted by molar-refractivity contribution is 9.10. The van der Waals surface area contributed by atoms with Crippen LogP contribution in [0, 0.1) is 5.92 Å². The highest BCUT2D eigenvalue weighted by atomic mass is 79.9. The van der Waals surface area contributed by atoms with Crippen LogP contribution in [0.2, 0.25) is 0 Å². The van der Waals surface area contributed by atoms with E-state index in [0.717, 1.165) is 16.0 Å². The van der Waals surface area contributed by atoms with E-state index in [1.54, 1.807) is 13.0 Å². The summed E-state index contributed by atoms with van der Waals surface area (Å²) < 4.78 is 18.2. The van der Waals surface area contributed by atoms with Crippen molar-refractivity contribution < 1.29 is 33.4 Å². The van der Waals surface area contributed by atoms with E-state index in [4.69, 9.17) is 19.0 Å². The Bertz CT molecular complexity index is 1280. The molecule has 206 valence electrons. The molecule has 4 atom stereocenters. The fraction of sp³-hybridized carbons (Fsp3) is 0.367. The van der Waals surface area contributed by atoms with Gasteiger partial charge in [0.1, 0.15) is 17.6 Å². The molecule has 1 aliphatic heterocycles. The molecule has 3 aromatic rings. The molecule has 8 nitrogen and oxygen atoms in total. The number of cyclic esters (lactones) is 1. The van der Waals surface area contributed by atoms with Crippen molar-refractivity contribution in [3.05, 3.63) is 93.9 Å². The number of hydrogen-bond acceptors (Lipinski definition) is 7. The summed E-state index contributed by atoms with van der Waals surface area (Å²) in [5.74, 6) is -1.15. The molecule has 4 rings (SSSR count). The van der Waals surface area contributed by atoms with Gasteiger partial charge in [-0.3, -0.25) is 9.59 Å². The van der Waals surface area contributed by atoms with Crippen LogP contribution >= 0.6 is 15.9 Å². The summed E-state index contributed by atoms with van der Waals surface area (Å²) in [6, 6.07) is 19.7. The first-order chi connectivity index (χ1) is 18.8. The maximum atomic E-state index is 14.2. The van der Waals surface area contributed by atoms with Crippen molar-refractivity contribution in [2.45, 2.75) is 57.8 Å². The summed E-state index contributed by atoms with van der Waals surface area (Å²) in [6.07, 6.45) is -0.391. The van der Waals surface area contributed by atoms with Gasteiger partial charge in [-0.05, 0) is 59.3 Å². The quantitative estimate of drug-likeness (QED) is 0.216. The number of hydrogen-bond donors (Lipinski definition) is 1. The Hall–Kier alpha value is -3.43. The van der Waals surface area contributed by atoms with Crippen LogP contribution in [0.25, 0.3) is 0 Å². The minimum Gasteiger partial charge on any atom is -0.461 e. The van der Waals surface area contributed by atoms with Gasteiger partial charge in [0, 0.05) is 20.0 Å². The molecule has 0 spiro atoms. The Balaban J connectivity index is 1.71. The Kier molecular flexibility index (Phi) is 9.59. The SMILES string of the molecule is CC(=O)O[C@@H](c1cc(Br)c(CCCCO)o1)[C@@H](Cc1ccccc1)C(=O)N1C(=O)O[C@@H](c2ccccc2)[C@H]1C. The fourth-order valence-electron chi connectivity index (χ4n) is 4.87. The van der Waals surface area contributed by atoms with Gasteiger partial charge in [0.05, 0.1) is 16.4 Å². The van der Waals surface area contributed by atoms with Gasteiger partial charge in [-0.15, -0.1) is 0 Å². The number of carbonyl (C=O) groups is 3. The van der Waals surface area contributed by atoms with Crippen molar-refractivity contribution in [1.29, 1.82) is 0 Å². The number of esters is 1. The van der Waals surface area contributed by atoms with Crippen molar-refractivity contribution in [2.24, 2.45) is 5.92 Å². The van der Waals surface area contributed by atoms with Gasteiger partial charge in [-0.25, -0.2) is 9.69 Å². The first-order valence-corrected chi connectivity index (χ1v) is 13.8. The van der Waals surface area contributed by atoms with E-state index in [1.165, 1.54) is 6.92 Å². The van der Waals surface area contributed by atoms with Gasteiger partial charge in [0.15, 0.2) is 6.10 Å². The number of nitrogens with zero attached hydrogens (tertiary/aromatic N) is 1. The minimum absolute atomic E-state index is 0.0724. The highest BCUT2D eigenvalue weighted by Crippen LogP contribution is 2.39. The summed E-state index contributed by atoms with van der Waals surface area (Å²) in [4.78, 5) is 40.7. The van der Waals surface area contributed by atoms with Gasteiger partial charge in [0.25, 0.3) is 0 Å². The molecule has 2 amide bonds. The standard InChI is InChI=1S/C30H32BrNO7/c1-19-27(22-13-7-4-8-14-22)39-30(36)32(19)29(35)23(17-21-11-5-3-6-12-21)28(37-20(2)34)26-18-24(31)25(38-26)15-9-10-16-33/h3-8,11-14,18-19,23,27-28,33H,9-10,15-17H2,1-2H3/t19-,23-,27-,28-/m1/s1. The van der Waals surface area contributed by atoms with Gasteiger partial charge in [0.2, 0.25) is 5.91 Å². The van der Waals surface area contributed by atoms with Crippen LogP contribution in [0.4, 0.5) is 4.79 Å². The van der Waals surface area contributed by atoms with E-state index in [2.05, 4.69) is 15.9 Å². The van der Waals surface area contributed by atoms with Crippen molar-refractivity contribution in [1.82, 2.24) is 4.90 Å². The predicted molar refractivity (Wildman–Crippen MR) is 147 cm³/mol. The summed E-state index contributed by atoms with van der Waals surface area (Å²) in [5, 5.41) is 9.14. The third-order valence-corrected chi connectivity index (χ3v) is 7.45. The molecular formula is C30H32BrNO7. The van der Waals surface area contributed by atoms with Crippen LogP contribution in [0.3, 0.4) is 0 Å². The van der Waals surface area contributed by atoms with Crippen LogP contribution in [-0.2, 0) is 31.9 Å². The van der Waals surface area contributed by atoms with E-state index in [1.807, 2.05) is 60.7 Å². The zero-order chi connectivity index (χ0) is 27.9. The van der Waals surface area contributed by atoms with E-state index < -0.39 is 42.1 Å². The maximum absolute atomic E-state index is 14.2. The smallest absolute Gasteiger partial charge is 0.417 e. The van der Waals surface area contributed by atoms with E-state index in [-0.39, 0.29) is 13.0 Å². The Morgan fingerprint density at radius 2 is 1.74 bits per heavy atom. The van der Waals surface area contributed by atoms with Crippen molar-refractivity contribution in [3.8, 4) is 0 Å². The number of unbranched alkanes of at least 4 members (excludes halogenated alkanes) is 1. The molecular weight excluding hydrogens is 566 g/mol. The van der Waals surface area contributed by atoms with Crippen molar-refractivity contribution in [2.75, 3.05) is 6.61 Å². The topological polar surface area (TPSA) is 106 Å². The van der Waals surface area contributed by atoms with Crippen molar-refractivity contribution in [3.63, 3.8) is 0 Å². The molecule has 2 aromatic carbocycles. The minimum atomic E-state index is -1.09. The fourth-order valence-corrected chi connectivity index (χ4v) is 5.37. The summed E-state index contributed by atoms with van der Waals surface area (Å²) in [7, 11) is 0. The second kappa shape index (κ2) is 13.1. The number of amides is 2. The van der Waals surface area contributed by atoms with Gasteiger partial charge in [-0.1, -0.05) is 60.7 Å². The number of aryl methyl sites for hydroxylation is 1. The molecule has 1 aromatic heterocycles. The third kappa shape index (κ3) is 6.78. The molecule has 0 radical (unpaired) electrons. The molecule has 1 saturated heterocycles. The third-order valence-electron chi connectivity index (χ3n) is 6.78. The van der Waals surface area contributed by atoms with Crippen LogP contribution in [0.5, 0.6) is 0 Å². The molecule has 1 N–H and O–H groups in total. The summed E-state index contributed by atoms with van der Waals surface area (Å²) >= 11 is 3.51. The number of benzene rings is 2. The zero-order valence-electron chi connectivity index (χ0n) is 21.9. The van der Waals surface area contributed by atoms with Crippen LogP contribution in [0.15, 0.2) is 75.6 Å². The number of carbonyl (C=O) groups excluding carboxylic acids is 3. The van der Waals surface area contributed by atoms with Crippen molar-refractivity contribution >= 4 is 33.9 Å². The van der Waals surface area contributed by atoms with Crippen LogP contribution < -0.4 is 0 Å². The lowest BCUT2D eigenvalue weighted by Gasteiger charge is -2.29. The summed E-state index contributed by atoms with van der Waals surface area (Å²) in [5.41, 5.74) is 1.62. The first kappa shape index (κ1) is 28.6. The number of rotatable bonds is 11. The highest BCUT2D eigenvalue weighted by Gasteiger charge is 2.48. The second-order valence-corrected chi connectivity index (χ2v) is 10.4. The molecule has 1 aliphatic rings. The molecule has 39 heavy (non-hydrogen) atoms. The Morgan fingerprint density at radius 3 is 2.38 bits per heavy atom. The lowest BCUT2D eigenvalue weighted by Crippen LogP contribution is -2.44. The largest absolute Gasteiger partial charge is 0.461 e. The molecule has 0 aliphatic carbocycles. The van der Waals surface area contributed by atoms with E-state index in [0.29, 0.717) is 35.3 Å². The zero-order valence-corrected chi connectivity index (χ0v) is 23.5. The van der Waals surface area contributed by atoms with E-state index in [9.17, 15) is 14.4 Å². The lowest BCUT2D eigenvalue weighted by molar-refractivity contribution is -0.155. The Morgan fingerprint density at radius 1 is 1.08 bits per heavy atom. The van der Waals surface area contributed by atoms with E-state index >= 15 is 0 Å². The Labute approximate surface area is 236 Å². The second-order valence-electron chi connectivity index (χ2n) is 9.59. The number of halogens is 1. The number of ether oxygens (including phenoxy) is 2. The normalized spacial score (nSPS) is 18.5. The molecule has 0 unspecified atom stereocenters. The first-order valence-electron chi connectivity index (χ1n) is 13.0. The maximum Gasteiger partial charge on any atom is 0.417 e. The summed E-state index contributed by atoms with van der Waals surface area (Å²) in [6.45, 7) is 3.11. The average molecular weight is 598 g/mol. The van der Waals surface area contributed by atoms with Gasteiger partial charge >= 0.3 is 12.1 Å².